The van der Waals surface area contributed by atoms with Crippen molar-refractivity contribution in [2.24, 2.45) is 0 Å². The van der Waals surface area contributed by atoms with Crippen LogP contribution in [0.5, 0.6) is 0 Å². The average Bonchev–Trinajstić information content (AvgIpc) is 3.21. The lowest BCUT2D eigenvalue weighted by atomic mass is 10.1. The van der Waals surface area contributed by atoms with Gasteiger partial charge in [-0.15, -0.1) is 0 Å². The van der Waals surface area contributed by atoms with Crippen molar-refractivity contribution >= 4 is 21.9 Å². The molecule has 0 radical (unpaired) electrons. The molecule has 1 aliphatic heterocycles. The van der Waals surface area contributed by atoms with E-state index in [0.29, 0.717) is 0 Å². The number of carbonyl (C=O) groups is 2. The van der Waals surface area contributed by atoms with Crippen LogP contribution in [0.4, 0.5) is 8.78 Å². The zero-order chi connectivity index (χ0) is 21.2. The third-order valence-electron chi connectivity index (χ3n) is 4.36. The van der Waals surface area contributed by atoms with E-state index in [1.165, 1.54) is 23.1 Å². The van der Waals surface area contributed by atoms with Crippen molar-refractivity contribution in [2.45, 2.75) is 12.0 Å². The Labute approximate surface area is 165 Å². The van der Waals surface area contributed by atoms with E-state index in [4.69, 9.17) is 9.15 Å². The second-order valence-corrected chi connectivity index (χ2v) is 8.01. The molecule has 1 aromatic heterocycles. The summed E-state index contributed by atoms with van der Waals surface area (Å²) in [5, 5.41) is -0.420. The lowest BCUT2D eigenvalue weighted by molar-refractivity contribution is 0.0483. The molecule has 1 fully saturated rings. The van der Waals surface area contributed by atoms with Crippen LogP contribution < -0.4 is 0 Å². The van der Waals surface area contributed by atoms with Gasteiger partial charge in [0.25, 0.3) is 15.9 Å². The summed E-state index contributed by atoms with van der Waals surface area (Å²) < 4.78 is 63.5. The Morgan fingerprint density at radius 2 is 1.79 bits per heavy atom. The average molecular weight is 428 g/mol. The molecule has 0 N–H and O–H groups in total. The lowest BCUT2D eigenvalue weighted by Gasteiger charge is -2.33. The van der Waals surface area contributed by atoms with Gasteiger partial charge < -0.3 is 14.1 Å². The third-order valence-corrected chi connectivity index (χ3v) is 6.13. The minimum absolute atomic E-state index is 0.0144. The predicted molar refractivity (Wildman–Crippen MR) is 95.7 cm³/mol. The van der Waals surface area contributed by atoms with Gasteiger partial charge in [0.1, 0.15) is 0 Å². The molecule has 0 spiro atoms. The predicted octanol–water partition coefficient (Wildman–Crippen LogP) is 1.88. The van der Waals surface area contributed by atoms with Crippen LogP contribution in [-0.4, -0.2) is 62.3 Å². The van der Waals surface area contributed by atoms with Crippen LogP contribution in [0.25, 0.3) is 0 Å². The van der Waals surface area contributed by atoms with Gasteiger partial charge >= 0.3 is 5.97 Å². The van der Waals surface area contributed by atoms with E-state index in [-0.39, 0.29) is 38.5 Å². The van der Waals surface area contributed by atoms with E-state index >= 15 is 0 Å². The van der Waals surface area contributed by atoms with Gasteiger partial charge in [-0.05, 0) is 31.2 Å². The molecule has 2 aromatic rings. The highest BCUT2D eigenvalue weighted by Gasteiger charge is 2.33. The molecule has 1 amide bonds. The number of piperazine rings is 1. The minimum Gasteiger partial charge on any atom is -0.460 e. The first-order chi connectivity index (χ1) is 13.8. The quantitative estimate of drug-likeness (QED) is 0.675. The minimum atomic E-state index is -4.03. The van der Waals surface area contributed by atoms with Crippen molar-refractivity contribution in [1.29, 1.82) is 0 Å². The maximum absolute atomic E-state index is 13.8. The fraction of sp³-hybridized carbons (Fsp3) is 0.333. The Kier molecular flexibility index (Phi) is 5.99. The summed E-state index contributed by atoms with van der Waals surface area (Å²) in [6.07, 6.45) is 0. The number of benzene rings is 1. The topological polar surface area (TPSA) is 97.1 Å². The second-order valence-electron chi connectivity index (χ2n) is 6.14. The van der Waals surface area contributed by atoms with Gasteiger partial charge in [-0.1, -0.05) is 6.07 Å². The SMILES string of the molecule is CCOC(=O)c1ccc(S(=O)(=O)N2CCN(C(=O)c3cccc(F)c3F)CC2)o1. The van der Waals surface area contributed by atoms with Crippen molar-refractivity contribution in [3.63, 3.8) is 0 Å². The zero-order valence-electron chi connectivity index (χ0n) is 15.4. The van der Waals surface area contributed by atoms with Crippen LogP contribution in [0.2, 0.25) is 0 Å². The van der Waals surface area contributed by atoms with Crippen LogP contribution >= 0.6 is 0 Å². The summed E-state index contributed by atoms with van der Waals surface area (Å²) >= 11 is 0. The first kappa shape index (κ1) is 20.9. The van der Waals surface area contributed by atoms with Gasteiger partial charge in [0.2, 0.25) is 10.9 Å². The number of furan rings is 1. The highest BCUT2D eigenvalue weighted by molar-refractivity contribution is 7.89. The van der Waals surface area contributed by atoms with Crippen LogP contribution in [-0.2, 0) is 14.8 Å². The van der Waals surface area contributed by atoms with E-state index in [1.807, 2.05) is 0 Å². The number of ether oxygens (including phenoxy) is 1. The van der Waals surface area contributed by atoms with Crippen molar-refractivity contribution in [1.82, 2.24) is 9.21 Å². The monoisotopic (exact) mass is 428 g/mol. The van der Waals surface area contributed by atoms with E-state index in [2.05, 4.69) is 0 Å². The molecule has 3 rings (SSSR count). The summed E-state index contributed by atoms with van der Waals surface area (Å²) in [4.78, 5) is 25.3. The van der Waals surface area contributed by atoms with E-state index in [0.717, 1.165) is 16.4 Å². The van der Waals surface area contributed by atoms with Gasteiger partial charge in [0.05, 0.1) is 12.2 Å². The van der Waals surface area contributed by atoms with Gasteiger partial charge in [-0.25, -0.2) is 22.0 Å². The fourth-order valence-electron chi connectivity index (χ4n) is 2.87. The maximum atomic E-state index is 13.8. The summed E-state index contributed by atoms with van der Waals surface area (Å²) in [6, 6.07) is 5.66. The van der Waals surface area contributed by atoms with Crippen LogP contribution in [0, 0.1) is 11.6 Å². The number of esters is 1. The smallest absolute Gasteiger partial charge is 0.374 e. The summed E-state index contributed by atoms with van der Waals surface area (Å²) in [5.41, 5.74) is -0.411. The van der Waals surface area contributed by atoms with E-state index in [9.17, 15) is 26.8 Å². The molecule has 0 aliphatic carbocycles. The number of carbonyl (C=O) groups excluding carboxylic acids is 2. The number of hydrogen-bond acceptors (Lipinski definition) is 6. The first-order valence-corrected chi connectivity index (χ1v) is 10.2. The first-order valence-electron chi connectivity index (χ1n) is 8.76. The molecule has 156 valence electrons. The van der Waals surface area contributed by atoms with Gasteiger partial charge in [-0.2, -0.15) is 4.31 Å². The molecule has 1 aliphatic rings. The summed E-state index contributed by atoms with van der Waals surface area (Å²) in [7, 11) is -4.03. The van der Waals surface area contributed by atoms with Crippen molar-refractivity contribution in [3.8, 4) is 0 Å². The number of nitrogens with zero attached hydrogens (tertiary/aromatic N) is 2. The van der Waals surface area contributed by atoms with Crippen LogP contribution in [0.3, 0.4) is 0 Å². The molecular formula is C18H18F2N2O6S. The number of sulfonamides is 1. The Morgan fingerprint density at radius 3 is 2.45 bits per heavy atom. The zero-order valence-corrected chi connectivity index (χ0v) is 16.2. The third kappa shape index (κ3) is 4.15. The normalized spacial score (nSPS) is 15.3. The Morgan fingerprint density at radius 1 is 1.10 bits per heavy atom. The Balaban J connectivity index is 1.69. The molecule has 2 heterocycles. The molecule has 8 nitrogen and oxygen atoms in total. The largest absolute Gasteiger partial charge is 0.460 e. The lowest BCUT2D eigenvalue weighted by Crippen LogP contribution is -2.50. The second kappa shape index (κ2) is 8.29. The summed E-state index contributed by atoms with van der Waals surface area (Å²) in [6.45, 7) is 1.55. The Bertz CT molecular complexity index is 1030. The standard InChI is InChI=1S/C18H18F2N2O6S/c1-2-27-18(24)14-6-7-15(28-14)29(25,26)22-10-8-21(9-11-22)17(23)12-4-3-5-13(19)16(12)20/h3-7H,2,8-11H2,1H3. The van der Waals surface area contributed by atoms with Crippen molar-refractivity contribution in [2.75, 3.05) is 32.8 Å². The van der Waals surface area contributed by atoms with Gasteiger partial charge in [-0.3, -0.25) is 4.79 Å². The van der Waals surface area contributed by atoms with E-state index in [1.54, 1.807) is 6.92 Å². The van der Waals surface area contributed by atoms with Gasteiger partial charge in [0, 0.05) is 26.2 Å². The highest BCUT2D eigenvalue weighted by atomic mass is 32.2. The fourth-order valence-corrected chi connectivity index (χ4v) is 4.20. The molecule has 0 unspecified atom stereocenters. The molecule has 0 atom stereocenters. The van der Waals surface area contributed by atoms with Crippen LogP contribution in [0.15, 0.2) is 39.8 Å². The molecule has 29 heavy (non-hydrogen) atoms. The molecule has 0 saturated carbocycles. The molecule has 11 heteroatoms. The number of hydrogen-bond donors (Lipinski definition) is 0. The van der Waals surface area contributed by atoms with E-state index < -0.39 is 44.2 Å². The summed E-state index contributed by atoms with van der Waals surface area (Å²) in [5.74, 6) is -4.11. The molecule has 1 saturated heterocycles. The molecular weight excluding hydrogens is 410 g/mol. The highest BCUT2D eigenvalue weighted by Crippen LogP contribution is 2.22. The van der Waals surface area contributed by atoms with Crippen molar-refractivity contribution < 1.29 is 35.9 Å². The maximum Gasteiger partial charge on any atom is 0.374 e. The van der Waals surface area contributed by atoms with Crippen molar-refractivity contribution in [3.05, 3.63) is 53.3 Å². The van der Waals surface area contributed by atoms with Gasteiger partial charge in [0.15, 0.2) is 11.6 Å². The molecule has 1 aromatic carbocycles. The molecule has 0 bridgehead atoms. The number of rotatable bonds is 5. The number of halogens is 2. The number of amides is 1. The Hall–Kier alpha value is -2.79. The van der Waals surface area contributed by atoms with Crippen LogP contribution in [0.1, 0.15) is 27.8 Å².